The van der Waals surface area contributed by atoms with Crippen molar-refractivity contribution in [2.45, 2.75) is 0 Å². The molecule has 2 aliphatic heterocycles. The molecule has 0 bridgehead atoms. The van der Waals surface area contributed by atoms with Crippen LogP contribution < -0.4 is 9.31 Å². The maximum atomic E-state index is 15.3. The third kappa shape index (κ3) is 3.48. The van der Waals surface area contributed by atoms with Crippen LogP contribution in [0.4, 0.5) is 28.6 Å². The molecule has 0 saturated heterocycles. The largest absolute Gasteiger partial charge is 0.834 e. The van der Waals surface area contributed by atoms with Crippen LogP contribution in [0.25, 0.3) is 21.5 Å². The fraction of sp³-hybridized carbons (Fsp3) is 0. The molecule has 2 aliphatic rings. The Balaban J connectivity index is 1.39. The highest BCUT2D eigenvalue weighted by molar-refractivity contribution is 6.53. The Bertz CT molecular complexity index is 1730. The molecule has 10 heteroatoms. The van der Waals surface area contributed by atoms with Crippen LogP contribution in [-0.4, -0.2) is 35.5 Å². The summed E-state index contributed by atoms with van der Waals surface area (Å²) >= 11 is 0. The minimum atomic E-state index is -4.52. The Morgan fingerprint density at radius 2 is 0.947 bits per heavy atom. The van der Waals surface area contributed by atoms with Crippen molar-refractivity contribution < 1.29 is 35.5 Å². The fourth-order valence-electron chi connectivity index (χ4n) is 5.20. The summed E-state index contributed by atoms with van der Waals surface area (Å²) in [6.07, 6.45) is 2.64. The van der Waals surface area contributed by atoms with Gasteiger partial charge in [-0.3, -0.25) is 0 Å². The Morgan fingerprint density at radius 1 is 0.500 bits per heavy atom. The maximum absolute atomic E-state index is 15.3. The first-order valence-corrected chi connectivity index (χ1v) is 12.1. The van der Waals surface area contributed by atoms with E-state index in [1.807, 2.05) is 48.5 Å². The molecule has 0 atom stereocenters. The van der Waals surface area contributed by atoms with Crippen LogP contribution in [-0.2, 0) is 0 Å². The minimum Gasteiger partial charge on any atom is -0.599 e. The third-order valence-corrected chi connectivity index (χ3v) is 7.01. The zero-order valence-electron chi connectivity index (χ0n) is 19.8. The second-order valence-electron chi connectivity index (χ2n) is 9.35. The van der Waals surface area contributed by atoms with Gasteiger partial charge in [0, 0.05) is 12.1 Å². The molecule has 2 heterocycles. The van der Waals surface area contributed by atoms with Gasteiger partial charge in [0.25, 0.3) is 0 Å². The molecule has 4 nitrogen and oxygen atoms in total. The lowest BCUT2D eigenvalue weighted by molar-refractivity contribution is -0.351. The number of hydrogen-bond acceptors (Lipinski definition) is 2. The van der Waals surface area contributed by atoms with Crippen molar-refractivity contribution in [2.75, 3.05) is 0 Å². The van der Waals surface area contributed by atoms with Crippen molar-refractivity contribution in [1.29, 1.82) is 0 Å². The molecule has 5 aromatic rings. The SMILES string of the molecule is F[B-]1(F)Oc2ccc3ccccc3c2C=[N+]1c1cccc([N+]2=Cc3c(ccc4ccccc34)O[B-]2(F)F)c1. The molecule has 0 unspecified atom stereocenters. The lowest BCUT2D eigenvalue weighted by atomic mass is 9.94. The molecule has 186 valence electrons. The van der Waals surface area contributed by atoms with Crippen LogP contribution in [0.2, 0.25) is 0 Å². The van der Waals surface area contributed by atoms with E-state index in [4.69, 9.17) is 9.31 Å². The number of fused-ring (bicyclic) bond motifs is 6. The summed E-state index contributed by atoms with van der Waals surface area (Å²) < 4.78 is 72.8. The van der Waals surface area contributed by atoms with Crippen LogP contribution in [0.5, 0.6) is 11.5 Å². The molecule has 0 amide bonds. The topological polar surface area (TPSA) is 24.5 Å². The van der Waals surface area contributed by atoms with Crippen molar-refractivity contribution in [1.82, 2.24) is 0 Å². The number of benzene rings is 5. The molecule has 7 rings (SSSR count). The average molecular weight is 512 g/mol. The van der Waals surface area contributed by atoms with E-state index in [1.165, 1.54) is 48.8 Å². The molecule has 0 radical (unpaired) electrons. The predicted octanol–water partition coefficient (Wildman–Crippen LogP) is 7.05. The standard InChI is InChI=1S/C28H18B2F4N2O2/c31-29(32)35(17-25-23-10-3-1-6-19(23)12-14-27(25)37-29)21-8-5-9-22(16-21)36-18-26-24-11-4-2-7-20(24)13-15-28(26)38-30(36,33)34/h1-18H. The molecular weight excluding hydrogens is 494 g/mol. The van der Waals surface area contributed by atoms with Gasteiger partial charge in [-0.15, -0.1) is 0 Å². The van der Waals surface area contributed by atoms with Crippen LogP contribution in [0, 0.1) is 0 Å². The predicted molar refractivity (Wildman–Crippen MR) is 142 cm³/mol. The van der Waals surface area contributed by atoms with Crippen LogP contribution in [0.15, 0.2) is 97.1 Å². The average Bonchev–Trinajstić information content (AvgIpc) is 2.91. The summed E-state index contributed by atoms with van der Waals surface area (Å²) in [5.74, 6) is 0.134. The van der Waals surface area contributed by atoms with E-state index in [-0.39, 0.29) is 22.9 Å². The molecule has 5 aromatic carbocycles. The van der Waals surface area contributed by atoms with Gasteiger partial charge in [0.1, 0.15) is 12.4 Å². The summed E-state index contributed by atoms with van der Waals surface area (Å²) in [6.45, 7) is 0. The first kappa shape index (κ1) is 22.6. The van der Waals surface area contributed by atoms with Gasteiger partial charge < -0.3 is 35.5 Å². The van der Waals surface area contributed by atoms with Gasteiger partial charge in [-0.25, -0.2) is 0 Å². The van der Waals surface area contributed by atoms with E-state index >= 15 is 17.3 Å². The lowest BCUT2D eigenvalue weighted by Crippen LogP contribution is -2.47. The van der Waals surface area contributed by atoms with Crippen molar-refractivity contribution in [3.63, 3.8) is 0 Å². The monoisotopic (exact) mass is 512 g/mol. The van der Waals surface area contributed by atoms with Crippen LogP contribution >= 0.6 is 0 Å². The maximum Gasteiger partial charge on any atom is 0.834 e. The van der Waals surface area contributed by atoms with Gasteiger partial charge >= 0.3 is 14.1 Å². The molecule has 0 N–H and O–H groups in total. The highest BCUT2D eigenvalue weighted by Crippen LogP contribution is 2.38. The van der Waals surface area contributed by atoms with E-state index in [1.54, 1.807) is 12.1 Å². The normalized spacial score (nSPS) is 17.1. The molecule has 38 heavy (non-hydrogen) atoms. The minimum absolute atomic E-state index is 0.00907. The summed E-state index contributed by atoms with van der Waals surface area (Å²) in [4.78, 5) is 0. The van der Waals surface area contributed by atoms with E-state index in [0.29, 0.717) is 11.1 Å². The van der Waals surface area contributed by atoms with E-state index < -0.39 is 14.1 Å². The van der Waals surface area contributed by atoms with Crippen LogP contribution in [0.3, 0.4) is 0 Å². The van der Waals surface area contributed by atoms with Gasteiger partial charge in [0.15, 0.2) is 11.4 Å². The zero-order valence-corrected chi connectivity index (χ0v) is 19.8. The Morgan fingerprint density at radius 3 is 1.42 bits per heavy atom. The second kappa shape index (κ2) is 7.95. The van der Waals surface area contributed by atoms with Gasteiger partial charge in [-0.1, -0.05) is 60.7 Å². The van der Waals surface area contributed by atoms with Gasteiger partial charge in [-0.2, -0.15) is 0 Å². The molecule has 0 spiro atoms. The molecule has 0 aromatic heterocycles. The number of halogens is 4. The zero-order chi connectivity index (χ0) is 26.1. The van der Waals surface area contributed by atoms with Gasteiger partial charge in [0.05, 0.1) is 28.7 Å². The van der Waals surface area contributed by atoms with Crippen molar-refractivity contribution in [2.24, 2.45) is 0 Å². The highest BCUT2D eigenvalue weighted by atomic mass is 19.3. The van der Waals surface area contributed by atoms with Crippen LogP contribution in [0.1, 0.15) is 11.1 Å². The summed E-state index contributed by atoms with van der Waals surface area (Å²) in [5, 5.41) is 3.22. The van der Waals surface area contributed by atoms with Crippen molar-refractivity contribution in [3.05, 3.63) is 108 Å². The molecule has 0 aliphatic carbocycles. The third-order valence-electron chi connectivity index (χ3n) is 7.01. The number of nitrogens with zero attached hydrogens (tertiary/aromatic N) is 2. The van der Waals surface area contributed by atoms with Gasteiger partial charge in [0.2, 0.25) is 0 Å². The lowest BCUT2D eigenvalue weighted by Gasteiger charge is -2.30. The number of hydrogen-bond donors (Lipinski definition) is 0. The van der Waals surface area contributed by atoms with E-state index in [0.717, 1.165) is 30.5 Å². The van der Waals surface area contributed by atoms with Crippen molar-refractivity contribution >= 4 is 59.4 Å². The van der Waals surface area contributed by atoms with E-state index in [9.17, 15) is 0 Å². The second-order valence-corrected chi connectivity index (χ2v) is 9.35. The van der Waals surface area contributed by atoms with Gasteiger partial charge in [-0.05, 0) is 39.7 Å². The molecule has 0 saturated carbocycles. The molecular formula is C28H18B2F4N2O2. The van der Waals surface area contributed by atoms with E-state index in [2.05, 4.69) is 0 Å². The highest BCUT2D eigenvalue weighted by Gasteiger charge is 2.52. The summed E-state index contributed by atoms with van der Waals surface area (Å²) in [6, 6.07) is 26.9. The quantitative estimate of drug-likeness (QED) is 0.187. The molecule has 0 fully saturated rings. The number of rotatable bonds is 2. The fourth-order valence-corrected chi connectivity index (χ4v) is 5.20. The Hall–Kier alpha value is -4.59. The summed E-state index contributed by atoms with van der Waals surface area (Å²) in [5.41, 5.74) is 0.998. The smallest absolute Gasteiger partial charge is 0.599 e. The first-order chi connectivity index (χ1) is 18.3. The Labute approximate surface area is 214 Å². The van der Waals surface area contributed by atoms with Crippen molar-refractivity contribution in [3.8, 4) is 11.5 Å². The first-order valence-electron chi connectivity index (χ1n) is 12.1. The Kier molecular flexibility index (Phi) is 4.73. The summed E-state index contributed by atoms with van der Waals surface area (Å²) in [7, 11) is -9.04.